The fraction of sp³-hybridized carbons (Fsp3) is 0.696. The van der Waals surface area contributed by atoms with Gasteiger partial charge in [0.1, 0.15) is 0 Å². The number of benzene rings is 1. The SMILES string of the molecule is CCNC(=NCC(CC)(CC)c1ccccc1)NCCCN1CCC(O)CC1.I. The molecule has 0 atom stereocenters. The van der Waals surface area contributed by atoms with Gasteiger partial charge in [-0.2, -0.15) is 0 Å². The summed E-state index contributed by atoms with van der Waals surface area (Å²) in [4.78, 5) is 7.40. The second kappa shape index (κ2) is 14.2. The molecule has 0 radical (unpaired) electrons. The van der Waals surface area contributed by atoms with Gasteiger partial charge in [0, 0.05) is 31.6 Å². The van der Waals surface area contributed by atoms with E-state index < -0.39 is 0 Å². The van der Waals surface area contributed by atoms with Crippen molar-refractivity contribution >= 4 is 29.9 Å². The first-order valence-electron chi connectivity index (χ1n) is 11.1. The Morgan fingerprint density at radius 3 is 2.34 bits per heavy atom. The monoisotopic (exact) mass is 516 g/mol. The van der Waals surface area contributed by atoms with Gasteiger partial charge in [0.2, 0.25) is 0 Å². The molecule has 1 heterocycles. The lowest BCUT2D eigenvalue weighted by Crippen LogP contribution is -2.41. The number of halogens is 1. The van der Waals surface area contributed by atoms with Gasteiger partial charge < -0.3 is 20.6 Å². The van der Waals surface area contributed by atoms with Gasteiger partial charge in [0.05, 0.1) is 12.6 Å². The van der Waals surface area contributed by atoms with Crippen LogP contribution >= 0.6 is 24.0 Å². The molecule has 0 amide bonds. The van der Waals surface area contributed by atoms with Crippen LogP contribution in [-0.2, 0) is 5.41 Å². The first-order valence-corrected chi connectivity index (χ1v) is 11.1. The third kappa shape index (κ3) is 8.42. The maximum Gasteiger partial charge on any atom is 0.191 e. The van der Waals surface area contributed by atoms with E-state index in [-0.39, 0.29) is 35.5 Å². The summed E-state index contributed by atoms with van der Waals surface area (Å²) in [5, 5.41) is 16.5. The number of nitrogens with zero attached hydrogens (tertiary/aromatic N) is 2. The minimum Gasteiger partial charge on any atom is -0.393 e. The summed E-state index contributed by atoms with van der Waals surface area (Å²) >= 11 is 0. The average molecular weight is 517 g/mol. The molecule has 1 aliphatic heterocycles. The van der Waals surface area contributed by atoms with Crippen molar-refractivity contribution in [2.45, 2.75) is 64.4 Å². The summed E-state index contributed by atoms with van der Waals surface area (Å²) in [6.07, 6.45) is 4.98. The summed E-state index contributed by atoms with van der Waals surface area (Å²) in [5.74, 6) is 0.916. The van der Waals surface area contributed by atoms with Crippen LogP contribution in [0.4, 0.5) is 0 Å². The number of aliphatic hydroxyl groups is 1. The van der Waals surface area contributed by atoms with Crippen LogP contribution in [0.5, 0.6) is 0 Å². The molecule has 1 aromatic carbocycles. The minimum atomic E-state index is -0.0936. The predicted molar refractivity (Wildman–Crippen MR) is 134 cm³/mol. The molecule has 2 rings (SSSR count). The number of guanidine groups is 1. The highest BCUT2D eigenvalue weighted by molar-refractivity contribution is 14.0. The Hall–Kier alpha value is -0.860. The molecule has 0 aromatic heterocycles. The predicted octanol–water partition coefficient (Wildman–Crippen LogP) is 3.76. The van der Waals surface area contributed by atoms with Crippen molar-refractivity contribution in [1.82, 2.24) is 15.5 Å². The zero-order valence-electron chi connectivity index (χ0n) is 18.5. The largest absolute Gasteiger partial charge is 0.393 e. The highest BCUT2D eigenvalue weighted by Gasteiger charge is 2.28. The lowest BCUT2D eigenvalue weighted by atomic mass is 9.76. The van der Waals surface area contributed by atoms with E-state index in [9.17, 15) is 5.11 Å². The van der Waals surface area contributed by atoms with Gasteiger partial charge in [0.15, 0.2) is 5.96 Å². The Bertz CT molecular complexity index is 570. The Kier molecular flexibility index (Phi) is 12.8. The van der Waals surface area contributed by atoms with Crippen LogP contribution in [-0.4, -0.2) is 61.3 Å². The first-order chi connectivity index (χ1) is 13.6. The van der Waals surface area contributed by atoms with E-state index in [4.69, 9.17) is 4.99 Å². The fourth-order valence-electron chi connectivity index (χ4n) is 3.99. The topological polar surface area (TPSA) is 59.9 Å². The van der Waals surface area contributed by atoms with Crippen molar-refractivity contribution in [1.29, 1.82) is 0 Å². The normalized spacial score (nSPS) is 16.3. The molecule has 5 nitrogen and oxygen atoms in total. The second-order valence-electron chi connectivity index (χ2n) is 7.90. The van der Waals surface area contributed by atoms with Crippen LogP contribution in [0.25, 0.3) is 0 Å². The van der Waals surface area contributed by atoms with Gasteiger partial charge in [-0.1, -0.05) is 44.2 Å². The summed E-state index contributed by atoms with van der Waals surface area (Å²) in [6, 6.07) is 10.8. The molecule has 29 heavy (non-hydrogen) atoms. The smallest absolute Gasteiger partial charge is 0.191 e. The van der Waals surface area contributed by atoms with Crippen molar-refractivity contribution in [3.8, 4) is 0 Å². The molecule has 0 unspecified atom stereocenters. The summed E-state index contributed by atoms with van der Waals surface area (Å²) in [6.45, 7) is 12.3. The number of rotatable bonds is 10. The third-order valence-corrected chi connectivity index (χ3v) is 6.12. The molecule has 1 saturated heterocycles. The van der Waals surface area contributed by atoms with Crippen molar-refractivity contribution in [2.75, 3.05) is 39.3 Å². The Morgan fingerprint density at radius 2 is 1.76 bits per heavy atom. The van der Waals surface area contributed by atoms with Crippen LogP contribution in [0.3, 0.4) is 0 Å². The maximum absolute atomic E-state index is 9.62. The van der Waals surface area contributed by atoms with Crippen molar-refractivity contribution < 1.29 is 5.11 Å². The van der Waals surface area contributed by atoms with Crippen LogP contribution in [0.1, 0.15) is 58.4 Å². The minimum absolute atomic E-state index is 0. The van der Waals surface area contributed by atoms with Crippen molar-refractivity contribution in [2.24, 2.45) is 4.99 Å². The average Bonchev–Trinajstić information content (AvgIpc) is 2.74. The van der Waals surface area contributed by atoms with E-state index in [0.717, 1.165) is 77.3 Å². The molecule has 0 bridgehead atoms. The lowest BCUT2D eigenvalue weighted by Gasteiger charge is -2.31. The summed E-state index contributed by atoms with van der Waals surface area (Å²) < 4.78 is 0. The molecule has 3 N–H and O–H groups in total. The Labute approximate surface area is 194 Å². The zero-order chi connectivity index (χ0) is 20.2. The number of aliphatic imine (C=N–C) groups is 1. The molecule has 0 spiro atoms. The molecule has 0 aliphatic carbocycles. The summed E-state index contributed by atoms with van der Waals surface area (Å²) in [5.41, 5.74) is 1.48. The molecule has 0 saturated carbocycles. The summed E-state index contributed by atoms with van der Waals surface area (Å²) in [7, 11) is 0. The fourth-order valence-corrected chi connectivity index (χ4v) is 3.99. The van der Waals surface area contributed by atoms with Crippen molar-refractivity contribution in [3.63, 3.8) is 0 Å². The van der Waals surface area contributed by atoms with Crippen molar-refractivity contribution in [3.05, 3.63) is 35.9 Å². The molecule has 1 aliphatic rings. The van der Waals surface area contributed by atoms with Crippen LogP contribution in [0, 0.1) is 0 Å². The number of nitrogens with one attached hydrogen (secondary N) is 2. The van der Waals surface area contributed by atoms with E-state index in [1.54, 1.807) is 0 Å². The van der Waals surface area contributed by atoms with E-state index in [1.165, 1.54) is 5.56 Å². The van der Waals surface area contributed by atoms with Crippen LogP contribution < -0.4 is 10.6 Å². The van der Waals surface area contributed by atoms with E-state index in [0.29, 0.717) is 0 Å². The van der Waals surface area contributed by atoms with Gasteiger partial charge in [-0.15, -0.1) is 24.0 Å². The maximum atomic E-state index is 9.62. The lowest BCUT2D eigenvalue weighted by molar-refractivity contribution is 0.0823. The molecule has 1 aromatic rings. The van der Waals surface area contributed by atoms with Gasteiger partial charge >= 0.3 is 0 Å². The van der Waals surface area contributed by atoms with E-state index in [1.807, 2.05) is 0 Å². The number of likely N-dealkylation sites (tertiary alicyclic amines) is 1. The highest BCUT2D eigenvalue weighted by Crippen LogP contribution is 2.31. The number of aliphatic hydroxyl groups excluding tert-OH is 1. The van der Waals surface area contributed by atoms with Gasteiger partial charge in [0.25, 0.3) is 0 Å². The van der Waals surface area contributed by atoms with Crippen LogP contribution in [0.2, 0.25) is 0 Å². The van der Waals surface area contributed by atoms with E-state index in [2.05, 4.69) is 66.6 Å². The number of hydrogen-bond acceptors (Lipinski definition) is 3. The molecule has 6 heteroatoms. The molecule has 1 fully saturated rings. The standard InChI is InChI=1S/C23H40N4O.HI/c1-4-23(5-2,20-11-8-7-9-12-20)19-26-22(24-6-3)25-15-10-16-27-17-13-21(28)14-18-27;/h7-9,11-12,21,28H,4-6,10,13-19H2,1-3H3,(H2,24,25,26);1H. The van der Waals surface area contributed by atoms with Gasteiger partial charge in [-0.3, -0.25) is 4.99 Å². The Balaban J connectivity index is 0.00000420. The first kappa shape index (κ1) is 26.2. The quantitative estimate of drug-likeness (QED) is 0.192. The van der Waals surface area contributed by atoms with E-state index >= 15 is 0 Å². The van der Waals surface area contributed by atoms with Crippen LogP contribution in [0.15, 0.2) is 35.3 Å². The zero-order valence-corrected chi connectivity index (χ0v) is 20.8. The second-order valence-corrected chi connectivity index (χ2v) is 7.90. The number of piperidine rings is 1. The number of hydrogen-bond donors (Lipinski definition) is 3. The molecular formula is C23H41IN4O. The Morgan fingerprint density at radius 1 is 1.10 bits per heavy atom. The van der Waals surface area contributed by atoms with Gasteiger partial charge in [-0.25, -0.2) is 0 Å². The van der Waals surface area contributed by atoms with Gasteiger partial charge in [-0.05, 0) is 51.1 Å². The third-order valence-electron chi connectivity index (χ3n) is 6.12. The molecule has 166 valence electrons. The highest BCUT2D eigenvalue weighted by atomic mass is 127. The molecular weight excluding hydrogens is 475 g/mol.